The summed E-state index contributed by atoms with van der Waals surface area (Å²) < 4.78 is 1.56. The highest BCUT2D eigenvalue weighted by atomic mass is 16.1. The second-order valence-electron chi connectivity index (χ2n) is 4.52. The number of pyridine rings is 1. The quantitative estimate of drug-likeness (QED) is 0.819. The van der Waals surface area contributed by atoms with Crippen LogP contribution in [0.1, 0.15) is 6.42 Å². The van der Waals surface area contributed by atoms with Crippen molar-refractivity contribution in [3.05, 3.63) is 31.0 Å². The van der Waals surface area contributed by atoms with Crippen LogP contribution in [0.4, 0.5) is 5.69 Å². The van der Waals surface area contributed by atoms with Gasteiger partial charge in [-0.05, 0) is 31.1 Å². The van der Waals surface area contributed by atoms with Gasteiger partial charge in [0.2, 0.25) is 5.91 Å². The first-order valence-corrected chi connectivity index (χ1v) is 6.13. The Hall–Kier alpha value is -2.28. The number of hydrogen-bond donors (Lipinski definition) is 2. The summed E-state index contributed by atoms with van der Waals surface area (Å²) in [5.41, 5.74) is 0.696. The average molecular weight is 258 g/mol. The summed E-state index contributed by atoms with van der Waals surface area (Å²) in [5, 5.41) is 9.97. The van der Waals surface area contributed by atoms with E-state index >= 15 is 0 Å². The molecule has 0 saturated carbocycles. The number of aromatic nitrogens is 4. The Morgan fingerprint density at radius 3 is 2.95 bits per heavy atom. The van der Waals surface area contributed by atoms with Crippen molar-refractivity contribution < 1.29 is 4.79 Å². The number of nitrogens with zero attached hydrogens (tertiary/aromatic N) is 4. The van der Waals surface area contributed by atoms with Gasteiger partial charge in [-0.2, -0.15) is 5.10 Å². The Morgan fingerprint density at radius 1 is 1.47 bits per heavy atom. The molecule has 7 nitrogen and oxygen atoms in total. The zero-order valence-corrected chi connectivity index (χ0v) is 10.3. The molecule has 0 spiro atoms. The lowest BCUT2D eigenvalue weighted by atomic mass is 9.99. The summed E-state index contributed by atoms with van der Waals surface area (Å²) in [6.45, 7) is 1.85. The van der Waals surface area contributed by atoms with Crippen molar-refractivity contribution in [2.75, 3.05) is 18.4 Å². The lowest BCUT2D eigenvalue weighted by Crippen LogP contribution is -2.43. The van der Waals surface area contributed by atoms with Gasteiger partial charge in [-0.25, -0.2) is 14.6 Å². The maximum absolute atomic E-state index is 11.7. The fraction of sp³-hybridized carbons (Fsp3) is 0.333. The standard InChI is InChI=1S/C12H14N6O/c19-12(3-9-4-13-5-9)17-10-1-2-11(15-6-10)18-8-14-7-16-18/h1-2,6-9,13H,3-5H2,(H,17,19). The van der Waals surface area contributed by atoms with Crippen molar-refractivity contribution in [3.63, 3.8) is 0 Å². The molecule has 0 bridgehead atoms. The summed E-state index contributed by atoms with van der Waals surface area (Å²) in [4.78, 5) is 19.8. The normalized spacial score (nSPS) is 14.9. The van der Waals surface area contributed by atoms with Crippen LogP contribution in [0, 0.1) is 5.92 Å². The third-order valence-electron chi connectivity index (χ3n) is 3.03. The van der Waals surface area contributed by atoms with E-state index in [0.29, 0.717) is 23.8 Å². The number of amides is 1. The molecule has 1 aliphatic rings. The van der Waals surface area contributed by atoms with Gasteiger partial charge in [-0.15, -0.1) is 0 Å². The molecule has 98 valence electrons. The van der Waals surface area contributed by atoms with Gasteiger partial charge in [0.1, 0.15) is 12.7 Å². The molecular formula is C12H14N6O. The highest BCUT2D eigenvalue weighted by Gasteiger charge is 2.20. The Kier molecular flexibility index (Phi) is 3.20. The lowest BCUT2D eigenvalue weighted by molar-refractivity contribution is -0.117. The Balaban J connectivity index is 1.61. The highest BCUT2D eigenvalue weighted by molar-refractivity contribution is 5.90. The van der Waals surface area contributed by atoms with Crippen LogP contribution < -0.4 is 10.6 Å². The van der Waals surface area contributed by atoms with Gasteiger partial charge in [-0.1, -0.05) is 0 Å². The van der Waals surface area contributed by atoms with Crippen LogP contribution in [0.2, 0.25) is 0 Å². The fourth-order valence-electron chi connectivity index (χ4n) is 1.89. The van der Waals surface area contributed by atoms with Gasteiger partial charge in [0, 0.05) is 6.42 Å². The summed E-state index contributed by atoms with van der Waals surface area (Å²) in [5.74, 6) is 1.16. The van der Waals surface area contributed by atoms with E-state index in [1.807, 2.05) is 0 Å². The highest BCUT2D eigenvalue weighted by Crippen LogP contribution is 2.12. The molecule has 7 heteroatoms. The predicted octanol–water partition coefficient (Wildman–Crippen LogP) is 0.210. The van der Waals surface area contributed by atoms with Gasteiger partial charge in [0.05, 0.1) is 11.9 Å². The molecule has 0 aromatic carbocycles. The third kappa shape index (κ3) is 2.76. The van der Waals surface area contributed by atoms with Crippen molar-refractivity contribution in [1.29, 1.82) is 0 Å². The predicted molar refractivity (Wildman–Crippen MR) is 68.8 cm³/mol. The molecule has 3 rings (SSSR count). The Labute approximate surface area is 110 Å². The maximum Gasteiger partial charge on any atom is 0.224 e. The number of carbonyl (C=O) groups excluding carboxylic acids is 1. The summed E-state index contributed by atoms with van der Waals surface area (Å²) in [6, 6.07) is 3.59. The van der Waals surface area contributed by atoms with Gasteiger partial charge in [0.15, 0.2) is 5.82 Å². The molecule has 1 fully saturated rings. The smallest absolute Gasteiger partial charge is 0.224 e. The molecule has 2 aromatic rings. The van der Waals surface area contributed by atoms with E-state index in [0.717, 1.165) is 13.1 Å². The van der Waals surface area contributed by atoms with E-state index in [2.05, 4.69) is 25.7 Å². The minimum Gasteiger partial charge on any atom is -0.325 e. The average Bonchev–Trinajstić information content (AvgIpc) is 2.89. The van der Waals surface area contributed by atoms with Gasteiger partial charge in [0.25, 0.3) is 0 Å². The van der Waals surface area contributed by atoms with Crippen molar-refractivity contribution in [1.82, 2.24) is 25.1 Å². The van der Waals surface area contributed by atoms with E-state index in [1.54, 1.807) is 29.3 Å². The monoisotopic (exact) mass is 258 g/mol. The molecule has 3 heterocycles. The molecule has 1 saturated heterocycles. The van der Waals surface area contributed by atoms with Crippen molar-refractivity contribution in [3.8, 4) is 5.82 Å². The van der Waals surface area contributed by atoms with Crippen LogP contribution >= 0.6 is 0 Å². The number of carbonyl (C=O) groups is 1. The Morgan fingerprint density at radius 2 is 2.37 bits per heavy atom. The van der Waals surface area contributed by atoms with Crippen LogP contribution in [-0.4, -0.2) is 38.7 Å². The minimum atomic E-state index is 0.0294. The van der Waals surface area contributed by atoms with Gasteiger partial charge < -0.3 is 10.6 Å². The summed E-state index contributed by atoms with van der Waals surface area (Å²) >= 11 is 0. The Bertz CT molecular complexity index is 546. The topological polar surface area (TPSA) is 84.7 Å². The number of nitrogens with one attached hydrogen (secondary N) is 2. The lowest BCUT2D eigenvalue weighted by Gasteiger charge is -2.26. The van der Waals surface area contributed by atoms with Crippen molar-refractivity contribution in [2.45, 2.75) is 6.42 Å². The van der Waals surface area contributed by atoms with Crippen LogP contribution in [0.3, 0.4) is 0 Å². The van der Waals surface area contributed by atoms with Crippen molar-refractivity contribution >= 4 is 11.6 Å². The zero-order chi connectivity index (χ0) is 13.1. The first kappa shape index (κ1) is 11.8. The molecule has 2 N–H and O–H groups in total. The zero-order valence-electron chi connectivity index (χ0n) is 10.3. The molecular weight excluding hydrogens is 244 g/mol. The maximum atomic E-state index is 11.7. The molecule has 19 heavy (non-hydrogen) atoms. The van der Waals surface area contributed by atoms with Crippen LogP contribution in [0.15, 0.2) is 31.0 Å². The molecule has 0 radical (unpaired) electrons. The third-order valence-corrected chi connectivity index (χ3v) is 3.03. The largest absolute Gasteiger partial charge is 0.325 e. The van der Waals surface area contributed by atoms with Crippen LogP contribution in [0.5, 0.6) is 0 Å². The molecule has 0 unspecified atom stereocenters. The van der Waals surface area contributed by atoms with E-state index in [1.165, 1.54) is 6.33 Å². The van der Waals surface area contributed by atoms with Gasteiger partial charge in [-0.3, -0.25) is 4.79 Å². The number of anilines is 1. The van der Waals surface area contributed by atoms with E-state index in [-0.39, 0.29) is 5.91 Å². The first-order valence-electron chi connectivity index (χ1n) is 6.13. The SMILES string of the molecule is O=C(CC1CNC1)Nc1ccc(-n2cncn2)nc1. The second kappa shape index (κ2) is 5.15. The molecule has 0 atom stereocenters. The molecule has 2 aromatic heterocycles. The first-order chi connectivity index (χ1) is 9.31. The summed E-state index contributed by atoms with van der Waals surface area (Å²) in [7, 11) is 0. The van der Waals surface area contributed by atoms with E-state index < -0.39 is 0 Å². The second-order valence-corrected chi connectivity index (χ2v) is 4.52. The van der Waals surface area contributed by atoms with E-state index in [9.17, 15) is 4.79 Å². The number of hydrogen-bond acceptors (Lipinski definition) is 5. The molecule has 1 aliphatic heterocycles. The van der Waals surface area contributed by atoms with Crippen LogP contribution in [0.25, 0.3) is 5.82 Å². The van der Waals surface area contributed by atoms with Crippen LogP contribution in [-0.2, 0) is 4.79 Å². The van der Waals surface area contributed by atoms with E-state index in [4.69, 9.17) is 0 Å². The van der Waals surface area contributed by atoms with Gasteiger partial charge >= 0.3 is 0 Å². The molecule has 1 amide bonds. The van der Waals surface area contributed by atoms with Crippen molar-refractivity contribution in [2.24, 2.45) is 5.92 Å². The number of rotatable bonds is 4. The molecule has 0 aliphatic carbocycles. The fourth-order valence-corrected chi connectivity index (χ4v) is 1.89. The summed E-state index contributed by atoms with van der Waals surface area (Å²) in [6.07, 6.45) is 5.19. The minimum absolute atomic E-state index is 0.0294.